The Kier molecular flexibility index (Phi) is 18.7. The first kappa shape index (κ1) is 52.7. The molecule has 0 radical (unpaired) electrons. The number of benzene rings is 3. The van der Waals surface area contributed by atoms with E-state index in [-0.39, 0.29) is 29.0 Å². The van der Waals surface area contributed by atoms with Gasteiger partial charge in [-0.2, -0.15) is 13.2 Å². The molecule has 2 saturated heterocycles. The van der Waals surface area contributed by atoms with E-state index < -0.39 is 44.5 Å². The van der Waals surface area contributed by atoms with Gasteiger partial charge in [-0.25, -0.2) is 17.2 Å². The highest BCUT2D eigenvalue weighted by Gasteiger charge is 2.48. The number of alkyl halides is 5. The van der Waals surface area contributed by atoms with Crippen LogP contribution in [0.1, 0.15) is 63.2 Å². The first-order chi connectivity index (χ1) is 31.8. The quantitative estimate of drug-likeness (QED) is 0.0540. The van der Waals surface area contributed by atoms with Gasteiger partial charge in [0.2, 0.25) is 6.43 Å². The van der Waals surface area contributed by atoms with Crippen LogP contribution in [0.3, 0.4) is 0 Å². The molecule has 2 heterocycles. The molecule has 67 heavy (non-hydrogen) atoms. The summed E-state index contributed by atoms with van der Waals surface area (Å²) in [7, 11) is -5.79. The van der Waals surface area contributed by atoms with Crippen LogP contribution in [0.5, 0.6) is 0 Å². The van der Waals surface area contributed by atoms with E-state index in [0.29, 0.717) is 30.8 Å². The molecule has 3 aliphatic rings. The maximum absolute atomic E-state index is 14.2. The molecule has 2 atom stereocenters. The maximum atomic E-state index is 14.2. The zero-order valence-electron chi connectivity index (χ0n) is 38.7. The van der Waals surface area contributed by atoms with E-state index in [1.807, 2.05) is 42.5 Å². The molecule has 0 spiro atoms. The van der Waals surface area contributed by atoms with Gasteiger partial charge < -0.3 is 20.2 Å². The summed E-state index contributed by atoms with van der Waals surface area (Å²) in [4.78, 5) is 22.5. The van der Waals surface area contributed by atoms with Crippen molar-refractivity contribution in [2.45, 2.75) is 85.5 Å². The number of hydrogen-bond acceptors (Lipinski definition) is 11. The fraction of sp³-hybridized carbons (Fsp3) is 0.531. The summed E-state index contributed by atoms with van der Waals surface area (Å²) in [5.74, 6) is -0.776. The third kappa shape index (κ3) is 14.9. The van der Waals surface area contributed by atoms with E-state index in [9.17, 15) is 40.3 Å². The van der Waals surface area contributed by atoms with Gasteiger partial charge in [-0.05, 0) is 110 Å². The molecular formula is C49H65F5N6O4S3. The lowest BCUT2D eigenvalue weighted by molar-refractivity contribution is -0.0435. The molecule has 368 valence electrons. The van der Waals surface area contributed by atoms with Crippen LogP contribution in [0.25, 0.3) is 0 Å². The van der Waals surface area contributed by atoms with Crippen LogP contribution < -0.4 is 14.9 Å². The van der Waals surface area contributed by atoms with Gasteiger partial charge in [-0.3, -0.25) is 19.3 Å². The lowest BCUT2D eigenvalue weighted by Crippen LogP contribution is -2.48. The monoisotopic (exact) mass is 992 g/mol. The molecule has 18 heteroatoms. The number of nitrogens with one attached hydrogen (secondary N) is 2. The number of β-amino-alcohol motifs (C(OH)–C–C–N with tert-alkyl or cyclic N) is 1. The Morgan fingerprint density at radius 1 is 0.881 bits per heavy atom. The number of rotatable bonds is 21. The summed E-state index contributed by atoms with van der Waals surface area (Å²) in [6, 6.07) is 20.0. The largest absolute Gasteiger partial charge is 0.501 e. The number of sulfone groups is 1. The first-order valence-electron chi connectivity index (χ1n) is 23.0. The average Bonchev–Trinajstić information content (AvgIpc) is 3.30. The standard InChI is InChI=1S/C49H65F5N6O4S3/c1-35(30-36(2)46(50)51)43-32-48(3,4)18-16-38(43)33-59-24-26-60(27-25-59)40-12-10-37(11-13-40)47(62)56-66-42-14-15-44(45(31-42)67(63,64)49(52,53)54)55-39(34-65-41-8-6-5-7-9-41)17-19-57-20-22-58(23-21-57)28-29-61/h5-15,31,36,39,46,55,61H,1,16-30,32-34H2,2-4H3,(H,56,62). The summed E-state index contributed by atoms with van der Waals surface area (Å²) in [6.45, 7) is 18.6. The lowest BCUT2D eigenvalue weighted by Gasteiger charge is -2.39. The third-order valence-electron chi connectivity index (χ3n) is 12.9. The number of piperazine rings is 2. The molecule has 0 aromatic heterocycles. The number of hydrogen-bond donors (Lipinski definition) is 3. The van der Waals surface area contributed by atoms with E-state index in [1.165, 1.54) is 29.5 Å². The minimum atomic E-state index is -5.79. The average molecular weight is 993 g/mol. The highest BCUT2D eigenvalue weighted by molar-refractivity contribution is 7.99. The summed E-state index contributed by atoms with van der Waals surface area (Å²) >= 11 is 2.26. The maximum Gasteiger partial charge on any atom is 0.501 e. The Bertz CT molecular complexity index is 2250. The van der Waals surface area contributed by atoms with E-state index in [0.717, 1.165) is 118 Å². The zero-order chi connectivity index (χ0) is 48.4. The second-order valence-electron chi connectivity index (χ2n) is 18.7. The second kappa shape index (κ2) is 23.8. The van der Waals surface area contributed by atoms with Crippen LogP contribution in [0.4, 0.5) is 33.3 Å². The molecule has 2 fully saturated rings. The Morgan fingerprint density at radius 2 is 1.52 bits per heavy atom. The van der Waals surface area contributed by atoms with Gasteiger partial charge >= 0.3 is 5.51 Å². The van der Waals surface area contributed by atoms with Crippen LogP contribution >= 0.6 is 23.7 Å². The highest BCUT2D eigenvalue weighted by Crippen LogP contribution is 2.43. The minimum Gasteiger partial charge on any atom is -0.395 e. The van der Waals surface area contributed by atoms with Crippen molar-refractivity contribution in [1.29, 1.82) is 0 Å². The van der Waals surface area contributed by atoms with Gasteiger partial charge in [-0.15, -0.1) is 11.8 Å². The third-order valence-corrected chi connectivity index (χ3v) is 16.4. The van der Waals surface area contributed by atoms with Gasteiger partial charge in [0.05, 0.1) is 12.3 Å². The van der Waals surface area contributed by atoms with Crippen LogP contribution in [0.15, 0.2) is 111 Å². The number of thioether (sulfide) groups is 1. The number of allylic oxidation sites excluding steroid dienone is 2. The molecule has 3 aromatic rings. The van der Waals surface area contributed by atoms with Crippen molar-refractivity contribution >= 4 is 50.8 Å². The van der Waals surface area contributed by atoms with E-state index in [1.54, 1.807) is 19.1 Å². The Balaban J connectivity index is 1.07. The number of halogens is 5. The molecular weight excluding hydrogens is 928 g/mol. The smallest absolute Gasteiger partial charge is 0.395 e. The van der Waals surface area contributed by atoms with E-state index in [4.69, 9.17) is 0 Å². The second-order valence-corrected chi connectivity index (χ2v) is 22.5. The van der Waals surface area contributed by atoms with Crippen molar-refractivity contribution in [3.63, 3.8) is 0 Å². The van der Waals surface area contributed by atoms with Gasteiger partial charge in [-0.1, -0.05) is 56.7 Å². The van der Waals surface area contributed by atoms with Crippen LogP contribution in [0.2, 0.25) is 0 Å². The van der Waals surface area contributed by atoms with Gasteiger partial charge in [0.25, 0.3) is 15.7 Å². The predicted octanol–water partition coefficient (Wildman–Crippen LogP) is 9.47. The normalized spacial score (nSPS) is 18.8. The molecule has 6 rings (SSSR count). The van der Waals surface area contributed by atoms with Crippen LogP contribution in [-0.2, 0) is 9.84 Å². The zero-order valence-corrected chi connectivity index (χ0v) is 41.1. The van der Waals surface area contributed by atoms with Gasteiger partial charge in [0, 0.05) is 111 Å². The van der Waals surface area contributed by atoms with Crippen molar-refractivity contribution < 1.29 is 40.3 Å². The molecule has 1 amide bonds. The number of amides is 1. The fourth-order valence-corrected chi connectivity index (χ4v) is 11.4. The first-order valence-corrected chi connectivity index (χ1v) is 26.3. The number of anilines is 2. The van der Waals surface area contributed by atoms with Gasteiger partial charge in [0.15, 0.2) is 0 Å². The fourth-order valence-electron chi connectivity index (χ4n) is 8.78. The number of aliphatic hydroxyl groups excluding tert-OH is 1. The Hall–Kier alpha value is -3.65. The summed E-state index contributed by atoms with van der Waals surface area (Å²) in [5, 5.41) is 12.5. The van der Waals surface area contributed by atoms with Crippen molar-refractivity contribution in [1.82, 2.24) is 19.4 Å². The SMILES string of the molecule is C=C(CC(C)C(F)F)C1=C(CN2CCN(c3ccc(C(=O)NSc4ccc(NC(CCN5CCN(CCO)CC5)CSc5ccccc5)c(S(=O)(=O)C(F)(F)F)c4)cc3)CC2)CCC(C)(C)C1. The molecule has 0 saturated carbocycles. The molecule has 2 aliphatic heterocycles. The Morgan fingerprint density at radius 3 is 2.15 bits per heavy atom. The number of aliphatic hydroxyl groups is 1. The number of carbonyl (C=O) groups is 1. The summed E-state index contributed by atoms with van der Waals surface area (Å²) < 4.78 is 98.2. The van der Waals surface area contributed by atoms with Crippen molar-refractivity contribution in [3.8, 4) is 0 Å². The van der Waals surface area contributed by atoms with Crippen molar-refractivity contribution in [3.05, 3.63) is 102 Å². The van der Waals surface area contributed by atoms with E-state index >= 15 is 0 Å². The molecule has 3 N–H and O–H groups in total. The van der Waals surface area contributed by atoms with E-state index in [2.05, 4.69) is 50.1 Å². The highest BCUT2D eigenvalue weighted by atomic mass is 32.2. The number of nitrogens with zero attached hydrogens (tertiary/aromatic N) is 4. The molecule has 2 unspecified atom stereocenters. The minimum absolute atomic E-state index is 0.0835. The van der Waals surface area contributed by atoms with Crippen LogP contribution in [-0.4, -0.2) is 136 Å². The topological polar surface area (TPSA) is 108 Å². The molecule has 1 aliphatic carbocycles. The predicted molar refractivity (Wildman–Crippen MR) is 261 cm³/mol. The number of carbonyl (C=O) groups excluding carboxylic acids is 1. The lowest BCUT2D eigenvalue weighted by atomic mass is 9.71. The van der Waals surface area contributed by atoms with Crippen molar-refractivity contribution in [2.24, 2.45) is 11.3 Å². The van der Waals surface area contributed by atoms with Crippen molar-refractivity contribution in [2.75, 3.05) is 94.6 Å². The summed E-state index contributed by atoms with van der Waals surface area (Å²) in [5.41, 5.74) is -1.09. The molecule has 10 nitrogen and oxygen atoms in total. The van der Waals surface area contributed by atoms with Crippen LogP contribution in [0, 0.1) is 11.3 Å². The van der Waals surface area contributed by atoms with Gasteiger partial charge in [0.1, 0.15) is 4.90 Å². The molecule has 0 bridgehead atoms. The Labute approximate surface area is 401 Å². The molecule has 3 aromatic carbocycles. The summed E-state index contributed by atoms with van der Waals surface area (Å²) in [6.07, 6.45) is 1.24.